The lowest BCUT2D eigenvalue weighted by molar-refractivity contribution is 0.264. The number of aryl methyl sites for hydroxylation is 1. The third-order valence-corrected chi connectivity index (χ3v) is 5.17. The molecule has 0 aliphatic heterocycles. The van der Waals surface area contributed by atoms with Gasteiger partial charge in [-0.15, -0.1) is 10.2 Å². The molecule has 1 aromatic carbocycles. The van der Waals surface area contributed by atoms with E-state index in [9.17, 15) is 0 Å². The van der Waals surface area contributed by atoms with E-state index in [1.807, 2.05) is 6.92 Å². The minimum atomic E-state index is 0.0586. The molecule has 1 saturated carbocycles. The summed E-state index contributed by atoms with van der Waals surface area (Å²) in [6.07, 6.45) is 6.31. The van der Waals surface area contributed by atoms with Crippen LogP contribution in [-0.2, 0) is 5.41 Å². The zero-order valence-corrected chi connectivity index (χ0v) is 14.8. The van der Waals surface area contributed by atoms with Gasteiger partial charge in [-0.1, -0.05) is 31.4 Å². The second kappa shape index (κ2) is 7.34. The number of nitrogens with zero attached hydrogens (tertiary/aromatic N) is 2. The van der Waals surface area contributed by atoms with Gasteiger partial charge in [0.15, 0.2) is 0 Å². The molecule has 1 aromatic heterocycles. The molecule has 3 rings (SSSR count). The standard InChI is InChI=1S/C19H27N3O2/c1-14(18-22-21-15(2)24-18)20-13-19(11-5-4-6-12-19)16-7-9-17(23-3)10-8-16/h7-10,14,20H,4-6,11-13H2,1-3H3. The number of methoxy groups -OCH3 is 1. The van der Waals surface area contributed by atoms with E-state index in [0.29, 0.717) is 11.8 Å². The summed E-state index contributed by atoms with van der Waals surface area (Å²) in [7, 11) is 1.71. The maximum Gasteiger partial charge on any atom is 0.233 e. The maximum absolute atomic E-state index is 5.55. The summed E-state index contributed by atoms with van der Waals surface area (Å²) in [4.78, 5) is 0. The van der Waals surface area contributed by atoms with Gasteiger partial charge in [-0.2, -0.15) is 0 Å². The van der Waals surface area contributed by atoms with Gasteiger partial charge in [0, 0.05) is 18.9 Å². The topological polar surface area (TPSA) is 60.2 Å². The van der Waals surface area contributed by atoms with Gasteiger partial charge < -0.3 is 14.5 Å². The van der Waals surface area contributed by atoms with Crippen LogP contribution in [0.1, 0.15) is 62.4 Å². The van der Waals surface area contributed by atoms with E-state index in [1.54, 1.807) is 7.11 Å². The molecule has 1 atom stereocenters. The van der Waals surface area contributed by atoms with Crippen molar-refractivity contribution in [1.29, 1.82) is 0 Å². The zero-order valence-electron chi connectivity index (χ0n) is 14.8. The molecule has 5 nitrogen and oxygen atoms in total. The first-order valence-corrected chi connectivity index (χ1v) is 8.81. The molecule has 2 aromatic rings. The number of aromatic nitrogens is 2. The van der Waals surface area contributed by atoms with Crippen LogP contribution in [0.25, 0.3) is 0 Å². The second-order valence-corrected chi connectivity index (χ2v) is 6.83. The van der Waals surface area contributed by atoms with Crippen molar-refractivity contribution in [3.63, 3.8) is 0 Å². The first-order valence-electron chi connectivity index (χ1n) is 8.81. The molecule has 5 heteroatoms. The molecule has 0 amide bonds. The number of hydrogen-bond donors (Lipinski definition) is 1. The zero-order chi connectivity index (χ0) is 17.0. The molecule has 1 aliphatic rings. The summed E-state index contributed by atoms with van der Waals surface area (Å²) in [6, 6.07) is 8.62. The largest absolute Gasteiger partial charge is 0.497 e. The Morgan fingerprint density at radius 2 is 1.88 bits per heavy atom. The van der Waals surface area contributed by atoms with Gasteiger partial charge in [0.2, 0.25) is 11.8 Å². The Balaban J connectivity index is 1.75. The number of benzene rings is 1. The van der Waals surface area contributed by atoms with Crippen LogP contribution in [0.4, 0.5) is 0 Å². The Hall–Kier alpha value is -1.88. The molecule has 0 spiro atoms. The average molecular weight is 329 g/mol. The van der Waals surface area contributed by atoms with Crippen LogP contribution in [0, 0.1) is 6.92 Å². The molecule has 24 heavy (non-hydrogen) atoms. The molecule has 1 fully saturated rings. The number of rotatable bonds is 6. The van der Waals surface area contributed by atoms with Gasteiger partial charge in [-0.05, 0) is 37.5 Å². The van der Waals surface area contributed by atoms with Crippen LogP contribution in [0.2, 0.25) is 0 Å². The van der Waals surface area contributed by atoms with E-state index in [0.717, 1.165) is 12.3 Å². The lowest BCUT2D eigenvalue weighted by Gasteiger charge is -2.39. The second-order valence-electron chi connectivity index (χ2n) is 6.83. The highest BCUT2D eigenvalue weighted by Crippen LogP contribution is 2.40. The monoisotopic (exact) mass is 329 g/mol. The predicted molar refractivity (Wildman–Crippen MR) is 93.2 cm³/mol. The Morgan fingerprint density at radius 3 is 2.46 bits per heavy atom. The number of ether oxygens (including phenoxy) is 1. The van der Waals surface area contributed by atoms with E-state index in [1.165, 1.54) is 37.7 Å². The van der Waals surface area contributed by atoms with Gasteiger partial charge >= 0.3 is 0 Å². The van der Waals surface area contributed by atoms with Crippen molar-refractivity contribution in [2.24, 2.45) is 0 Å². The van der Waals surface area contributed by atoms with Crippen molar-refractivity contribution >= 4 is 0 Å². The highest BCUT2D eigenvalue weighted by Gasteiger charge is 2.34. The summed E-state index contributed by atoms with van der Waals surface area (Å²) in [5, 5.41) is 11.7. The van der Waals surface area contributed by atoms with Gasteiger partial charge in [-0.3, -0.25) is 0 Å². The van der Waals surface area contributed by atoms with Crippen molar-refractivity contribution in [1.82, 2.24) is 15.5 Å². The highest BCUT2D eigenvalue weighted by atomic mass is 16.5. The molecule has 130 valence electrons. The normalized spacial score (nSPS) is 18.3. The average Bonchev–Trinajstić information content (AvgIpc) is 3.07. The Morgan fingerprint density at radius 1 is 1.17 bits per heavy atom. The Bertz CT molecular complexity index is 645. The van der Waals surface area contributed by atoms with Crippen LogP contribution in [-0.4, -0.2) is 23.9 Å². The first-order chi connectivity index (χ1) is 11.6. The highest BCUT2D eigenvalue weighted by molar-refractivity contribution is 5.33. The summed E-state index contributed by atoms with van der Waals surface area (Å²) in [5.74, 6) is 2.18. The fraction of sp³-hybridized carbons (Fsp3) is 0.579. The van der Waals surface area contributed by atoms with E-state index >= 15 is 0 Å². The van der Waals surface area contributed by atoms with E-state index in [2.05, 4.69) is 46.7 Å². The fourth-order valence-corrected chi connectivity index (χ4v) is 3.66. The molecule has 1 N–H and O–H groups in total. The summed E-state index contributed by atoms with van der Waals surface area (Å²) in [5.41, 5.74) is 1.57. The van der Waals surface area contributed by atoms with Gasteiger partial charge in [-0.25, -0.2) is 0 Å². The molecule has 1 heterocycles. The van der Waals surface area contributed by atoms with Crippen molar-refractivity contribution in [2.45, 2.75) is 57.4 Å². The van der Waals surface area contributed by atoms with Gasteiger partial charge in [0.25, 0.3) is 0 Å². The van der Waals surface area contributed by atoms with E-state index in [4.69, 9.17) is 9.15 Å². The van der Waals surface area contributed by atoms with Crippen LogP contribution < -0.4 is 10.1 Å². The SMILES string of the molecule is COc1ccc(C2(CNC(C)c3nnc(C)o3)CCCCC2)cc1. The quantitative estimate of drug-likeness (QED) is 0.870. The smallest absolute Gasteiger partial charge is 0.233 e. The lowest BCUT2D eigenvalue weighted by Crippen LogP contribution is -2.40. The third-order valence-electron chi connectivity index (χ3n) is 5.17. The fourth-order valence-electron chi connectivity index (χ4n) is 3.66. The molecule has 0 radical (unpaired) electrons. The summed E-state index contributed by atoms with van der Waals surface area (Å²) >= 11 is 0. The lowest BCUT2D eigenvalue weighted by atomic mass is 9.69. The first kappa shape index (κ1) is 17.0. The van der Waals surface area contributed by atoms with Crippen molar-refractivity contribution in [3.05, 3.63) is 41.6 Å². The molecule has 0 saturated heterocycles. The molecular weight excluding hydrogens is 302 g/mol. The minimum Gasteiger partial charge on any atom is -0.497 e. The van der Waals surface area contributed by atoms with Gasteiger partial charge in [0.1, 0.15) is 5.75 Å². The van der Waals surface area contributed by atoms with Crippen molar-refractivity contribution in [3.8, 4) is 5.75 Å². The van der Waals surface area contributed by atoms with Gasteiger partial charge in [0.05, 0.1) is 13.2 Å². The minimum absolute atomic E-state index is 0.0586. The Labute approximate surface area is 143 Å². The predicted octanol–water partition coefficient (Wildman–Crippen LogP) is 3.94. The molecular formula is C19H27N3O2. The van der Waals surface area contributed by atoms with Crippen molar-refractivity contribution in [2.75, 3.05) is 13.7 Å². The van der Waals surface area contributed by atoms with Crippen LogP contribution in [0.3, 0.4) is 0 Å². The number of nitrogens with one attached hydrogen (secondary N) is 1. The molecule has 1 unspecified atom stereocenters. The summed E-state index contributed by atoms with van der Waals surface area (Å²) < 4.78 is 10.9. The Kier molecular flexibility index (Phi) is 5.19. The van der Waals surface area contributed by atoms with Crippen molar-refractivity contribution < 1.29 is 9.15 Å². The molecule has 1 aliphatic carbocycles. The van der Waals surface area contributed by atoms with E-state index < -0.39 is 0 Å². The number of hydrogen-bond acceptors (Lipinski definition) is 5. The van der Waals surface area contributed by atoms with Crippen LogP contribution in [0.15, 0.2) is 28.7 Å². The van der Waals surface area contributed by atoms with Crippen LogP contribution in [0.5, 0.6) is 5.75 Å². The summed E-state index contributed by atoms with van der Waals surface area (Å²) in [6.45, 7) is 4.82. The third kappa shape index (κ3) is 3.61. The van der Waals surface area contributed by atoms with Crippen LogP contribution >= 0.6 is 0 Å². The van der Waals surface area contributed by atoms with E-state index in [-0.39, 0.29) is 11.5 Å². The molecule has 0 bridgehead atoms. The maximum atomic E-state index is 5.55.